The standard InChI is InChI=1S/C13H15ClO/c1-8-3-4-10(12(14)5-8)7-13(15)11-6-9(11)2/h3-5,9,11H,6-7H2,1-2H3. The van der Waals surface area contributed by atoms with Crippen LogP contribution in [0.25, 0.3) is 0 Å². The third-order valence-electron chi connectivity index (χ3n) is 3.10. The van der Waals surface area contributed by atoms with E-state index in [-0.39, 0.29) is 0 Å². The first kappa shape index (κ1) is 10.7. The summed E-state index contributed by atoms with van der Waals surface area (Å²) in [4.78, 5) is 11.8. The number of halogens is 1. The second kappa shape index (κ2) is 3.97. The van der Waals surface area contributed by atoms with E-state index in [1.54, 1.807) is 0 Å². The van der Waals surface area contributed by atoms with Crippen LogP contribution in [0.5, 0.6) is 0 Å². The van der Waals surface area contributed by atoms with Gasteiger partial charge < -0.3 is 0 Å². The Morgan fingerprint density at radius 3 is 2.73 bits per heavy atom. The summed E-state index contributed by atoms with van der Waals surface area (Å²) in [7, 11) is 0. The molecule has 0 aliphatic heterocycles. The Bertz CT molecular complexity index is 398. The minimum atomic E-state index is 0.294. The molecule has 1 aromatic carbocycles. The van der Waals surface area contributed by atoms with Gasteiger partial charge in [0.05, 0.1) is 0 Å². The molecule has 0 amide bonds. The van der Waals surface area contributed by atoms with E-state index in [1.165, 1.54) is 0 Å². The molecule has 0 bridgehead atoms. The van der Waals surface area contributed by atoms with Crippen LogP contribution in [0, 0.1) is 18.8 Å². The van der Waals surface area contributed by atoms with Crippen molar-refractivity contribution in [1.29, 1.82) is 0 Å². The average molecular weight is 223 g/mol. The van der Waals surface area contributed by atoms with Crippen LogP contribution in [-0.2, 0) is 11.2 Å². The van der Waals surface area contributed by atoms with Gasteiger partial charge in [0.2, 0.25) is 0 Å². The summed E-state index contributed by atoms with van der Waals surface area (Å²) < 4.78 is 0. The lowest BCUT2D eigenvalue weighted by atomic mass is 10.0. The minimum absolute atomic E-state index is 0.294. The number of carbonyl (C=O) groups is 1. The van der Waals surface area contributed by atoms with Gasteiger partial charge in [-0.1, -0.05) is 30.7 Å². The van der Waals surface area contributed by atoms with Crippen molar-refractivity contribution in [1.82, 2.24) is 0 Å². The minimum Gasteiger partial charge on any atom is -0.299 e. The van der Waals surface area contributed by atoms with Crippen LogP contribution in [0.4, 0.5) is 0 Å². The van der Waals surface area contributed by atoms with Crippen LogP contribution in [0.15, 0.2) is 18.2 Å². The Labute approximate surface area is 95.4 Å². The van der Waals surface area contributed by atoms with Gasteiger partial charge in [0.1, 0.15) is 5.78 Å². The highest BCUT2D eigenvalue weighted by Gasteiger charge is 2.38. The third-order valence-corrected chi connectivity index (χ3v) is 3.45. The van der Waals surface area contributed by atoms with Gasteiger partial charge >= 0.3 is 0 Å². The molecule has 0 spiro atoms. The molecule has 1 aromatic rings. The van der Waals surface area contributed by atoms with Gasteiger partial charge in [-0.2, -0.15) is 0 Å². The molecule has 2 atom stereocenters. The molecule has 0 saturated heterocycles. The number of benzene rings is 1. The quantitative estimate of drug-likeness (QED) is 0.766. The van der Waals surface area contributed by atoms with Crippen molar-refractivity contribution in [3.05, 3.63) is 34.3 Å². The number of hydrogen-bond acceptors (Lipinski definition) is 1. The Morgan fingerprint density at radius 1 is 1.53 bits per heavy atom. The van der Waals surface area contributed by atoms with E-state index in [1.807, 2.05) is 25.1 Å². The van der Waals surface area contributed by atoms with E-state index in [0.717, 1.165) is 22.6 Å². The molecule has 1 aliphatic carbocycles. The maximum absolute atomic E-state index is 11.8. The first-order valence-electron chi connectivity index (χ1n) is 5.35. The van der Waals surface area contributed by atoms with Gasteiger partial charge in [0, 0.05) is 17.4 Å². The van der Waals surface area contributed by atoms with Gasteiger partial charge in [0.25, 0.3) is 0 Å². The van der Waals surface area contributed by atoms with Gasteiger partial charge in [0.15, 0.2) is 0 Å². The number of rotatable bonds is 3. The van der Waals surface area contributed by atoms with Crippen molar-refractivity contribution in [2.45, 2.75) is 26.7 Å². The zero-order chi connectivity index (χ0) is 11.0. The number of aryl methyl sites for hydroxylation is 1. The highest BCUT2D eigenvalue weighted by molar-refractivity contribution is 6.31. The second-order valence-electron chi connectivity index (χ2n) is 4.56. The van der Waals surface area contributed by atoms with Gasteiger partial charge in [-0.05, 0) is 36.5 Å². The smallest absolute Gasteiger partial charge is 0.140 e. The molecule has 1 saturated carbocycles. The molecule has 15 heavy (non-hydrogen) atoms. The van der Waals surface area contributed by atoms with Crippen LogP contribution in [0.2, 0.25) is 5.02 Å². The molecule has 1 nitrogen and oxygen atoms in total. The topological polar surface area (TPSA) is 17.1 Å². The molecule has 2 heteroatoms. The number of Topliss-reactive ketones (excluding diaryl/α,β-unsaturated/α-hetero) is 1. The highest BCUT2D eigenvalue weighted by Crippen LogP contribution is 2.39. The molecule has 0 radical (unpaired) electrons. The van der Waals surface area contributed by atoms with E-state index in [0.29, 0.717) is 24.0 Å². The summed E-state index contributed by atoms with van der Waals surface area (Å²) >= 11 is 6.08. The zero-order valence-electron chi connectivity index (χ0n) is 9.09. The van der Waals surface area contributed by atoms with Crippen LogP contribution in [-0.4, -0.2) is 5.78 Å². The van der Waals surface area contributed by atoms with Crippen molar-refractivity contribution in [3.8, 4) is 0 Å². The normalized spacial score (nSPS) is 23.9. The largest absolute Gasteiger partial charge is 0.299 e. The van der Waals surface area contributed by atoms with Crippen molar-refractivity contribution < 1.29 is 4.79 Å². The predicted molar refractivity (Wildman–Crippen MR) is 62.2 cm³/mol. The first-order chi connectivity index (χ1) is 7.08. The molecule has 2 unspecified atom stereocenters. The third kappa shape index (κ3) is 2.40. The molecular weight excluding hydrogens is 208 g/mol. The molecule has 1 aliphatic rings. The van der Waals surface area contributed by atoms with Gasteiger partial charge in [-0.15, -0.1) is 0 Å². The van der Waals surface area contributed by atoms with Crippen molar-refractivity contribution in [2.75, 3.05) is 0 Å². The number of hydrogen-bond donors (Lipinski definition) is 0. The maximum Gasteiger partial charge on any atom is 0.140 e. The lowest BCUT2D eigenvalue weighted by molar-refractivity contribution is -0.119. The molecule has 80 valence electrons. The molecule has 1 fully saturated rings. The van der Waals surface area contributed by atoms with E-state index in [9.17, 15) is 4.79 Å². The lowest BCUT2D eigenvalue weighted by Gasteiger charge is -2.04. The second-order valence-corrected chi connectivity index (χ2v) is 4.96. The van der Waals surface area contributed by atoms with Crippen molar-refractivity contribution in [2.24, 2.45) is 11.8 Å². The maximum atomic E-state index is 11.8. The highest BCUT2D eigenvalue weighted by atomic mass is 35.5. The molecule has 0 aromatic heterocycles. The van der Waals surface area contributed by atoms with E-state index in [2.05, 4.69) is 6.92 Å². The summed E-state index contributed by atoms with van der Waals surface area (Å²) in [5.74, 6) is 1.22. The average Bonchev–Trinajstić information content (AvgIpc) is 2.88. The Balaban J connectivity index is 2.07. The molecular formula is C13H15ClO. The fourth-order valence-corrected chi connectivity index (χ4v) is 2.19. The van der Waals surface area contributed by atoms with E-state index in [4.69, 9.17) is 11.6 Å². The summed E-state index contributed by atoms with van der Waals surface area (Å²) in [5, 5.41) is 0.719. The lowest BCUT2D eigenvalue weighted by Crippen LogP contribution is -2.06. The Hall–Kier alpha value is -0.820. The SMILES string of the molecule is Cc1ccc(CC(=O)C2CC2C)c(Cl)c1. The monoisotopic (exact) mass is 222 g/mol. The van der Waals surface area contributed by atoms with Gasteiger partial charge in [-0.25, -0.2) is 0 Å². The van der Waals surface area contributed by atoms with Crippen LogP contribution >= 0.6 is 11.6 Å². The van der Waals surface area contributed by atoms with Crippen molar-refractivity contribution in [3.63, 3.8) is 0 Å². The van der Waals surface area contributed by atoms with Crippen LogP contribution < -0.4 is 0 Å². The fourth-order valence-electron chi connectivity index (χ4n) is 1.89. The van der Waals surface area contributed by atoms with E-state index < -0.39 is 0 Å². The molecule has 0 heterocycles. The Morgan fingerprint density at radius 2 is 2.20 bits per heavy atom. The van der Waals surface area contributed by atoms with Gasteiger partial charge in [-0.3, -0.25) is 4.79 Å². The summed E-state index contributed by atoms with van der Waals surface area (Å²) in [6.45, 7) is 4.12. The summed E-state index contributed by atoms with van der Waals surface area (Å²) in [6.07, 6.45) is 1.55. The van der Waals surface area contributed by atoms with E-state index >= 15 is 0 Å². The van der Waals surface area contributed by atoms with Crippen LogP contribution in [0.1, 0.15) is 24.5 Å². The summed E-state index contributed by atoms with van der Waals surface area (Å²) in [6, 6.07) is 5.88. The molecule has 2 rings (SSSR count). The Kier molecular flexibility index (Phi) is 2.83. The summed E-state index contributed by atoms with van der Waals surface area (Å²) in [5.41, 5.74) is 2.10. The number of carbonyl (C=O) groups excluding carboxylic acids is 1. The predicted octanol–water partition coefficient (Wildman–Crippen LogP) is 3.42. The molecule has 0 N–H and O–H groups in total. The van der Waals surface area contributed by atoms with Crippen molar-refractivity contribution >= 4 is 17.4 Å². The van der Waals surface area contributed by atoms with Crippen LogP contribution in [0.3, 0.4) is 0 Å². The zero-order valence-corrected chi connectivity index (χ0v) is 9.84. The number of ketones is 1. The first-order valence-corrected chi connectivity index (χ1v) is 5.73. The fraction of sp³-hybridized carbons (Fsp3) is 0.462.